The lowest BCUT2D eigenvalue weighted by atomic mass is 10.1. The van der Waals surface area contributed by atoms with Crippen LogP contribution in [-0.2, 0) is 32.7 Å². The number of ether oxygens (including phenoxy) is 2. The molecule has 0 radical (unpaired) electrons. The number of rotatable bonds is 30. The van der Waals surface area contributed by atoms with Crippen LogP contribution in [0.1, 0.15) is 142 Å². The van der Waals surface area contributed by atoms with E-state index in [0.717, 1.165) is 38.5 Å². The maximum absolute atomic E-state index is 12.5. The molecular formula is C32H64NO8P. The molecule has 1 unspecified atom stereocenters. The minimum atomic E-state index is -4.60. The van der Waals surface area contributed by atoms with Crippen molar-refractivity contribution in [3.05, 3.63) is 0 Å². The molecule has 0 saturated heterocycles. The molecule has 0 aliphatic rings. The molecule has 10 heteroatoms. The van der Waals surface area contributed by atoms with Gasteiger partial charge in [-0.25, -0.2) is 0 Å². The Morgan fingerprint density at radius 2 is 1.07 bits per heavy atom. The molecule has 0 heterocycles. The Labute approximate surface area is 257 Å². The minimum Gasteiger partial charge on any atom is -0.756 e. The van der Waals surface area contributed by atoms with E-state index in [2.05, 4.69) is 13.8 Å². The van der Waals surface area contributed by atoms with Crippen LogP contribution in [0.5, 0.6) is 0 Å². The summed E-state index contributed by atoms with van der Waals surface area (Å²) in [5.41, 5.74) is 0. The first-order valence-corrected chi connectivity index (χ1v) is 18.2. The van der Waals surface area contributed by atoms with Gasteiger partial charge in [-0.3, -0.25) is 14.2 Å². The second kappa shape index (κ2) is 26.4. The summed E-state index contributed by atoms with van der Waals surface area (Å²) in [4.78, 5) is 37.0. The zero-order valence-corrected chi connectivity index (χ0v) is 28.6. The smallest absolute Gasteiger partial charge is 0.306 e. The molecule has 0 rings (SSSR count). The molecule has 0 saturated carbocycles. The molecule has 42 heavy (non-hydrogen) atoms. The van der Waals surface area contributed by atoms with Crippen LogP contribution in [0.15, 0.2) is 0 Å². The first-order chi connectivity index (χ1) is 20.0. The summed E-state index contributed by atoms with van der Waals surface area (Å²) in [6, 6.07) is 0. The summed E-state index contributed by atoms with van der Waals surface area (Å²) in [7, 11) is 1.17. The Morgan fingerprint density at radius 3 is 1.52 bits per heavy atom. The highest BCUT2D eigenvalue weighted by Gasteiger charge is 2.21. The molecule has 9 nitrogen and oxygen atoms in total. The van der Waals surface area contributed by atoms with Crippen molar-refractivity contribution in [1.29, 1.82) is 0 Å². The van der Waals surface area contributed by atoms with E-state index in [4.69, 9.17) is 18.5 Å². The normalized spacial score (nSPS) is 14.0. The Morgan fingerprint density at radius 1 is 0.643 bits per heavy atom. The average Bonchev–Trinajstić information content (AvgIpc) is 2.92. The predicted molar refractivity (Wildman–Crippen MR) is 167 cm³/mol. The number of likely N-dealkylation sites (N-methyl/N-ethyl adjacent to an activating group) is 1. The zero-order valence-electron chi connectivity index (χ0n) is 27.7. The minimum absolute atomic E-state index is 0.0267. The molecule has 0 aliphatic carbocycles. The van der Waals surface area contributed by atoms with Gasteiger partial charge in [0.25, 0.3) is 7.82 Å². The first kappa shape index (κ1) is 41.0. The van der Waals surface area contributed by atoms with Crippen LogP contribution in [0.25, 0.3) is 0 Å². The van der Waals surface area contributed by atoms with Crippen molar-refractivity contribution in [2.24, 2.45) is 0 Å². The standard InChI is InChI=1S/C32H64NO8P/c1-6-8-10-12-14-16-18-20-22-24-31(34)38-28-30(29-40-42(36,37)39-27-26-33(3,4)5)41-32(35)25-23-21-19-17-15-13-11-9-7-2/h30H,6-29H2,1-5H3/t30-/m1/s1. The van der Waals surface area contributed by atoms with E-state index in [0.29, 0.717) is 17.4 Å². The van der Waals surface area contributed by atoms with E-state index < -0.39 is 26.5 Å². The van der Waals surface area contributed by atoms with E-state index in [1.807, 2.05) is 21.1 Å². The number of unbranched alkanes of at least 4 members (excludes halogenated alkanes) is 16. The zero-order chi connectivity index (χ0) is 31.5. The Bertz CT molecular complexity index is 713. The number of carbonyl (C=O) groups is 2. The molecule has 0 aliphatic heterocycles. The fraction of sp³-hybridized carbons (Fsp3) is 0.938. The number of carbonyl (C=O) groups excluding carboxylic acids is 2. The number of esters is 2. The van der Waals surface area contributed by atoms with Crippen LogP contribution in [0.2, 0.25) is 0 Å². The van der Waals surface area contributed by atoms with E-state index in [1.54, 1.807) is 0 Å². The summed E-state index contributed by atoms with van der Waals surface area (Å²) in [5, 5.41) is 0. The van der Waals surface area contributed by atoms with Gasteiger partial charge in [0.2, 0.25) is 0 Å². The van der Waals surface area contributed by atoms with E-state index in [-0.39, 0.29) is 32.0 Å². The number of phosphoric ester groups is 1. The molecule has 250 valence electrons. The number of nitrogens with zero attached hydrogens (tertiary/aromatic N) is 1. The fourth-order valence-corrected chi connectivity index (χ4v) is 5.15. The highest BCUT2D eigenvalue weighted by Crippen LogP contribution is 2.38. The van der Waals surface area contributed by atoms with Gasteiger partial charge in [-0.1, -0.05) is 117 Å². The number of hydrogen-bond donors (Lipinski definition) is 0. The topological polar surface area (TPSA) is 111 Å². The lowest BCUT2D eigenvalue weighted by Gasteiger charge is -2.28. The average molecular weight is 622 g/mol. The molecule has 0 spiro atoms. The molecule has 0 N–H and O–H groups in total. The molecule has 0 amide bonds. The van der Waals surface area contributed by atoms with Gasteiger partial charge in [0.05, 0.1) is 27.7 Å². The molecule has 2 atom stereocenters. The maximum atomic E-state index is 12.5. The quantitative estimate of drug-likeness (QED) is 0.0351. The molecule has 0 bridgehead atoms. The molecule has 0 aromatic heterocycles. The van der Waals surface area contributed by atoms with Crippen molar-refractivity contribution in [2.45, 2.75) is 148 Å². The Hall–Kier alpha value is -0.990. The summed E-state index contributed by atoms with van der Waals surface area (Å²) in [6.07, 6.45) is 20.0. The SMILES string of the molecule is CCCCCCCCCCCC(=O)OC[C@H](COP(=O)([O-])OCC[N+](C)(C)C)OC(=O)CCCCCCCCCCC. The summed E-state index contributed by atoms with van der Waals surface area (Å²) < 4.78 is 33.5. The molecule has 0 aromatic carbocycles. The second-order valence-electron chi connectivity index (χ2n) is 12.5. The van der Waals surface area contributed by atoms with Gasteiger partial charge in [0, 0.05) is 12.8 Å². The van der Waals surface area contributed by atoms with Gasteiger partial charge < -0.3 is 27.9 Å². The van der Waals surface area contributed by atoms with Crippen molar-refractivity contribution in [3.8, 4) is 0 Å². The van der Waals surface area contributed by atoms with E-state index in [1.165, 1.54) is 70.6 Å². The fourth-order valence-electron chi connectivity index (χ4n) is 4.42. The predicted octanol–water partition coefficient (Wildman–Crippen LogP) is 7.49. The third kappa shape index (κ3) is 29.1. The van der Waals surface area contributed by atoms with Gasteiger partial charge in [-0.2, -0.15) is 0 Å². The van der Waals surface area contributed by atoms with Crippen molar-refractivity contribution in [2.75, 3.05) is 47.5 Å². The van der Waals surface area contributed by atoms with Gasteiger partial charge >= 0.3 is 11.9 Å². The molecule has 0 fully saturated rings. The lowest BCUT2D eigenvalue weighted by Crippen LogP contribution is -2.37. The van der Waals surface area contributed by atoms with Crippen molar-refractivity contribution in [3.63, 3.8) is 0 Å². The van der Waals surface area contributed by atoms with Crippen LogP contribution in [-0.4, -0.2) is 70.0 Å². The summed E-state index contributed by atoms with van der Waals surface area (Å²) >= 11 is 0. The summed E-state index contributed by atoms with van der Waals surface area (Å²) in [5.74, 6) is -0.837. The largest absolute Gasteiger partial charge is 0.756 e. The number of hydrogen-bond acceptors (Lipinski definition) is 8. The maximum Gasteiger partial charge on any atom is 0.306 e. The van der Waals surface area contributed by atoms with E-state index >= 15 is 0 Å². The van der Waals surface area contributed by atoms with Crippen LogP contribution < -0.4 is 4.89 Å². The lowest BCUT2D eigenvalue weighted by molar-refractivity contribution is -0.870. The van der Waals surface area contributed by atoms with Crippen molar-refractivity contribution in [1.82, 2.24) is 0 Å². The van der Waals surface area contributed by atoms with Gasteiger partial charge in [-0.05, 0) is 12.8 Å². The third-order valence-electron chi connectivity index (χ3n) is 7.13. The van der Waals surface area contributed by atoms with Crippen LogP contribution >= 0.6 is 7.82 Å². The van der Waals surface area contributed by atoms with Gasteiger partial charge in [-0.15, -0.1) is 0 Å². The highest BCUT2D eigenvalue weighted by atomic mass is 31.2. The molecular weight excluding hydrogens is 557 g/mol. The van der Waals surface area contributed by atoms with Crippen LogP contribution in [0, 0.1) is 0 Å². The monoisotopic (exact) mass is 621 g/mol. The number of quaternary nitrogens is 1. The van der Waals surface area contributed by atoms with Crippen LogP contribution in [0.4, 0.5) is 0 Å². The van der Waals surface area contributed by atoms with E-state index in [9.17, 15) is 19.0 Å². The Kier molecular flexibility index (Phi) is 25.8. The van der Waals surface area contributed by atoms with Crippen molar-refractivity contribution < 1.29 is 42.1 Å². The number of phosphoric acid groups is 1. The first-order valence-electron chi connectivity index (χ1n) is 16.7. The Balaban J connectivity index is 4.51. The second-order valence-corrected chi connectivity index (χ2v) is 14.0. The highest BCUT2D eigenvalue weighted by molar-refractivity contribution is 7.45. The van der Waals surface area contributed by atoms with Crippen molar-refractivity contribution >= 4 is 19.8 Å². The third-order valence-corrected chi connectivity index (χ3v) is 8.09. The summed E-state index contributed by atoms with van der Waals surface area (Å²) in [6.45, 7) is 4.16. The van der Waals surface area contributed by atoms with Gasteiger partial charge in [0.1, 0.15) is 19.8 Å². The van der Waals surface area contributed by atoms with Crippen LogP contribution in [0.3, 0.4) is 0 Å². The molecule has 0 aromatic rings. The van der Waals surface area contributed by atoms with Gasteiger partial charge in [0.15, 0.2) is 6.10 Å².